The number of ether oxygens (including phenoxy) is 1. The van der Waals surface area contributed by atoms with Crippen molar-refractivity contribution >= 4 is 29.3 Å². The lowest BCUT2D eigenvalue weighted by molar-refractivity contribution is -0.175. The van der Waals surface area contributed by atoms with Crippen LogP contribution in [-0.4, -0.2) is 35.3 Å². The second-order valence-corrected chi connectivity index (χ2v) is 7.34. The van der Waals surface area contributed by atoms with Crippen LogP contribution in [0.1, 0.15) is 24.0 Å². The lowest BCUT2D eigenvalue weighted by atomic mass is 10.0. The van der Waals surface area contributed by atoms with Crippen LogP contribution in [0.4, 0.5) is 25.0 Å². The van der Waals surface area contributed by atoms with Gasteiger partial charge in [-0.05, 0) is 36.2 Å². The Hall–Kier alpha value is -3.53. The summed E-state index contributed by atoms with van der Waals surface area (Å²) in [4.78, 5) is 37.6. The minimum Gasteiger partial charge on any atom is -0.407 e. The van der Waals surface area contributed by atoms with Crippen molar-refractivity contribution < 1.29 is 33.0 Å². The largest absolute Gasteiger partial charge is 0.410 e. The lowest BCUT2D eigenvalue weighted by Gasteiger charge is -2.24. The highest BCUT2D eigenvalue weighted by atomic mass is 19.2. The van der Waals surface area contributed by atoms with Crippen molar-refractivity contribution in [3.05, 3.63) is 59.2 Å². The second-order valence-electron chi connectivity index (χ2n) is 7.34. The minimum absolute atomic E-state index is 0.0793. The number of nitrogens with one attached hydrogen (secondary N) is 2. The molecule has 1 fully saturated rings. The Balaban J connectivity index is 1.41. The normalized spacial score (nSPS) is 20.3. The zero-order valence-electron chi connectivity index (χ0n) is 16.3. The Morgan fingerprint density at radius 1 is 1.23 bits per heavy atom. The number of aryl methyl sites for hydroxylation is 1. The fraction of sp³-hybridized carbons (Fsp3) is 0.286. The van der Waals surface area contributed by atoms with Crippen LogP contribution in [0.25, 0.3) is 0 Å². The number of carbonyl (C=O) groups excluding carboxylic acids is 3. The molecule has 8 nitrogen and oxygen atoms in total. The number of halogens is 2. The molecule has 10 heteroatoms. The van der Waals surface area contributed by atoms with Crippen LogP contribution in [0.5, 0.6) is 0 Å². The first-order valence-electron chi connectivity index (χ1n) is 9.64. The van der Waals surface area contributed by atoms with Gasteiger partial charge >= 0.3 is 6.09 Å². The maximum Gasteiger partial charge on any atom is 0.410 e. The van der Waals surface area contributed by atoms with Crippen LogP contribution >= 0.6 is 0 Å². The van der Waals surface area contributed by atoms with E-state index in [0.717, 1.165) is 11.6 Å². The summed E-state index contributed by atoms with van der Waals surface area (Å²) < 4.78 is 31.8. The summed E-state index contributed by atoms with van der Waals surface area (Å²) >= 11 is 0. The van der Waals surface area contributed by atoms with Gasteiger partial charge in [0.05, 0.1) is 0 Å². The number of benzene rings is 2. The highest BCUT2D eigenvalue weighted by Crippen LogP contribution is 2.33. The first-order chi connectivity index (χ1) is 14.8. The topological polar surface area (TPSA) is 108 Å². The molecular formula is C21H19F2N3O5. The number of amides is 3. The molecule has 2 aromatic rings. The lowest BCUT2D eigenvalue weighted by Crippen LogP contribution is -2.46. The number of fused-ring (bicyclic) bond motifs is 1. The molecule has 162 valence electrons. The molecule has 3 amide bonds. The van der Waals surface area contributed by atoms with E-state index in [0.29, 0.717) is 24.2 Å². The number of carbonyl (C=O) groups is 3. The molecule has 0 bridgehead atoms. The van der Waals surface area contributed by atoms with Crippen molar-refractivity contribution in [2.45, 2.75) is 31.6 Å². The third kappa shape index (κ3) is 4.06. The highest BCUT2D eigenvalue weighted by molar-refractivity contribution is 6.02. The van der Waals surface area contributed by atoms with Crippen LogP contribution in [0.3, 0.4) is 0 Å². The van der Waals surface area contributed by atoms with E-state index in [-0.39, 0.29) is 31.0 Å². The molecule has 2 aliphatic rings. The summed E-state index contributed by atoms with van der Waals surface area (Å²) in [7, 11) is 0. The third-order valence-corrected chi connectivity index (χ3v) is 5.27. The van der Waals surface area contributed by atoms with Gasteiger partial charge in [-0.25, -0.2) is 13.6 Å². The zero-order valence-corrected chi connectivity index (χ0v) is 16.3. The molecule has 0 spiro atoms. The summed E-state index contributed by atoms with van der Waals surface area (Å²) in [6.45, 7) is -0.279. The van der Waals surface area contributed by atoms with Crippen molar-refractivity contribution in [3.8, 4) is 0 Å². The van der Waals surface area contributed by atoms with Crippen LogP contribution in [0.2, 0.25) is 0 Å². The van der Waals surface area contributed by atoms with Crippen molar-refractivity contribution in [3.63, 3.8) is 0 Å². The number of hydrogen-bond acceptors (Lipinski definition) is 5. The molecule has 2 heterocycles. The fourth-order valence-electron chi connectivity index (χ4n) is 3.60. The smallest absolute Gasteiger partial charge is 0.407 e. The first-order valence-corrected chi connectivity index (χ1v) is 9.64. The van der Waals surface area contributed by atoms with Gasteiger partial charge in [0.15, 0.2) is 11.6 Å². The van der Waals surface area contributed by atoms with Crippen molar-refractivity contribution in [1.29, 1.82) is 0 Å². The van der Waals surface area contributed by atoms with E-state index in [4.69, 9.17) is 4.74 Å². The van der Waals surface area contributed by atoms with E-state index in [1.807, 2.05) is 0 Å². The molecule has 0 unspecified atom stereocenters. The van der Waals surface area contributed by atoms with Crippen LogP contribution in [-0.2, 0) is 27.3 Å². The molecule has 4 rings (SSSR count). The maximum absolute atomic E-state index is 13.7. The fourth-order valence-corrected chi connectivity index (χ4v) is 3.60. The molecule has 31 heavy (non-hydrogen) atoms. The third-order valence-electron chi connectivity index (χ3n) is 5.27. The number of aliphatic hydroxyl groups is 1. The Morgan fingerprint density at radius 3 is 2.84 bits per heavy atom. The second kappa shape index (κ2) is 7.95. The van der Waals surface area contributed by atoms with Crippen molar-refractivity contribution in [1.82, 2.24) is 5.32 Å². The predicted molar refractivity (Wildman–Crippen MR) is 105 cm³/mol. The van der Waals surface area contributed by atoms with Gasteiger partial charge in [0.1, 0.15) is 0 Å². The maximum atomic E-state index is 13.7. The zero-order chi connectivity index (χ0) is 22.2. The van der Waals surface area contributed by atoms with E-state index < -0.39 is 29.4 Å². The Labute approximate surface area is 175 Å². The van der Waals surface area contributed by atoms with Gasteiger partial charge < -0.3 is 25.4 Å². The number of anilines is 2. The molecular weight excluding hydrogens is 412 g/mol. The summed E-state index contributed by atoms with van der Waals surface area (Å²) in [5.74, 6) is -5.44. The highest BCUT2D eigenvalue weighted by Gasteiger charge is 2.49. The number of rotatable bonds is 4. The van der Waals surface area contributed by atoms with E-state index in [9.17, 15) is 28.3 Å². The van der Waals surface area contributed by atoms with E-state index in [1.165, 1.54) is 17.0 Å². The van der Waals surface area contributed by atoms with Crippen molar-refractivity contribution in [2.24, 2.45) is 0 Å². The van der Waals surface area contributed by atoms with Gasteiger partial charge in [-0.2, -0.15) is 0 Å². The standard InChI is InChI=1S/C21H19F2N3O5/c22-15-3-1-2-13(18(15)23)11-24-20(29)31-21(30)8-9-26(19(21)28)14-5-6-16-12(10-14)4-7-17(27)25-16/h1-3,5-6,10,30H,4,7-9,11H2,(H,24,29)(H,25,27)/t21-/m0/s1. The van der Waals surface area contributed by atoms with Crippen LogP contribution < -0.4 is 15.5 Å². The minimum atomic E-state index is -2.38. The Bertz CT molecular complexity index is 1080. The average molecular weight is 431 g/mol. The van der Waals surface area contributed by atoms with Gasteiger partial charge in [0.25, 0.3) is 11.7 Å². The molecule has 0 aliphatic carbocycles. The molecule has 3 N–H and O–H groups in total. The summed E-state index contributed by atoms with van der Waals surface area (Å²) in [5.41, 5.74) is 1.92. The van der Waals surface area contributed by atoms with E-state index in [2.05, 4.69) is 10.6 Å². The molecule has 1 atom stereocenters. The molecule has 0 saturated carbocycles. The van der Waals surface area contributed by atoms with Gasteiger partial charge in [-0.1, -0.05) is 12.1 Å². The monoisotopic (exact) mass is 431 g/mol. The van der Waals surface area contributed by atoms with E-state index in [1.54, 1.807) is 18.2 Å². The molecule has 2 aromatic carbocycles. The first kappa shape index (κ1) is 20.7. The van der Waals surface area contributed by atoms with Crippen LogP contribution in [0.15, 0.2) is 36.4 Å². The number of alkyl carbamates (subject to hydrolysis) is 1. The molecule has 1 saturated heterocycles. The number of hydrogen-bond donors (Lipinski definition) is 3. The van der Waals surface area contributed by atoms with Gasteiger partial charge in [-0.3, -0.25) is 9.59 Å². The summed E-state index contributed by atoms with van der Waals surface area (Å²) in [5, 5.41) is 15.5. The molecule has 0 radical (unpaired) electrons. The Kier molecular flexibility index (Phi) is 5.32. The quantitative estimate of drug-likeness (QED) is 0.644. The molecule has 0 aromatic heterocycles. The molecule has 2 aliphatic heterocycles. The predicted octanol–water partition coefficient (Wildman–Crippen LogP) is 2.20. The van der Waals surface area contributed by atoms with E-state index >= 15 is 0 Å². The number of nitrogens with zero attached hydrogens (tertiary/aromatic N) is 1. The summed E-state index contributed by atoms with van der Waals surface area (Å²) in [6.07, 6.45) is -0.448. The van der Waals surface area contributed by atoms with Gasteiger partial charge in [0.2, 0.25) is 5.91 Å². The summed E-state index contributed by atoms with van der Waals surface area (Å²) in [6, 6.07) is 8.56. The van der Waals surface area contributed by atoms with Crippen LogP contribution in [0, 0.1) is 11.6 Å². The van der Waals surface area contributed by atoms with Gasteiger partial charge in [-0.15, -0.1) is 0 Å². The van der Waals surface area contributed by atoms with Crippen molar-refractivity contribution in [2.75, 3.05) is 16.8 Å². The Morgan fingerprint density at radius 2 is 2.03 bits per heavy atom. The van der Waals surface area contributed by atoms with Gasteiger partial charge in [0, 0.05) is 42.9 Å². The SMILES string of the molecule is O=C1CCc2cc(N3CC[C@](O)(OC(=O)NCc4cccc(F)c4F)C3=O)ccc2N1. The average Bonchev–Trinajstić information content (AvgIpc) is 3.03.